The van der Waals surface area contributed by atoms with E-state index in [0.717, 1.165) is 38.8 Å². The van der Waals surface area contributed by atoms with Crippen LogP contribution >= 0.6 is 0 Å². The number of hydrogen-bond acceptors (Lipinski definition) is 3. The predicted molar refractivity (Wildman–Crippen MR) is 59.7 cm³/mol. The Morgan fingerprint density at radius 1 is 0.800 bits per heavy atom. The van der Waals surface area contributed by atoms with E-state index in [-0.39, 0.29) is 12.2 Å². The summed E-state index contributed by atoms with van der Waals surface area (Å²) >= 11 is 0. The van der Waals surface area contributed by atoms with Crippen LogP contribution in [0.4, 0.5) is 0 Å². The van der Waals surface area contributed by atoms with E-state index in [1.54, 1.807) is 0 Å². The smallest absolute Gasteiger partial charge is 0.0695 e. The molecule has 2 N–H and O–H groups in total. The highest BCUT2D eigenvalue weighted by Crippen LogP contribution is 2.25. The molecule has 1 aliphatic carbocycles. The summed E-state index contributed by atoms with van der Waals surface area (Å²) in [5.41, 5.74) is 0. The topological polar surface area (TPSA) is 43.7 Å². The van der Waals surface area contributed by atoms with Crippen molar-refractivity contribution in [2.45, 2.75) is 63.2 Å². The number of hydrogen-bond donors (Lipinski definition) is 2. The van der Waals surface area contributed by atoms with Crippen LogP contribution in [0.3, 0.4) is 0 Å². The van der Waals surface area contributed by atoms with Crippen molar-refractivity contribution >= 4 is 0 Å². The van der Waals surface area contributed by atoms with Gasteiger partial charge < -0.3 is 10.2 Å². The largest absolute Gasteiger partial charge is 0.393 e. The number of aliphatic hydroxyl groups excluding tert-OH is 2. The van der Waals surface area contributed by atoms with Crippen LogP contribution in [0, 0.1) is 0 Å². The van der Waals surface area contributed by atoms with Crippen LogP contribution in [0.15, 0.2) is 0 Å². The Morgan fingerprint density at radius 2 is 1.47 bits per heavy atom. The zero-order valence-electron chi connectivity index (χ0n) is 9.44. The lowest BCUT2D eigenvalue weighted by molar-refractivity contribution is 0.00482. The van der Waals surface area contributed by atoms with E-state index in [1.165, 1.54) is 19.3 Å². The van der Waals surface area contributed by atoms with Gasteiger partial charge in [-0.25, -0.2) is 0 Å². The van der Waals surface area contributed by atoms with Crippen molar-refractivity contribution in [1.82, 2.24) is 4.90 Å². The second-order valence-corrected chi connectivity index (χ2v) is 5.04. The zero-order valence-corrected chi connectivity index (χ0v) is 9.44. The fraction of sp³-hybridized carbons (Fsp3) is 1.00. The Bertz CT molecular complexity index is 190. The summed E-state index contributed by atoms with van der Waals surface area (Å²) in [7, 11) is 0. The molecule has 0 amide bonds. The third-order valence-corrected chi connectivity index (χ3v) is 3.91. The minimum atomic E-state index is -0.136. The van der Waals surface area contributed by atoms with E-state index in [2.05, 4.69) is 4.90 Å². The molecule has 0 aromatic heterocycles. The highest BCUT2D eigenvalue weighted by molar-refractivity contribution is 4.84. The lowest BCUT2D eigenvalue weighted by Gasteiger charge is -2.38. The van der Waals surface area contributed by atoms with Crippen LogP contribution in [0.5, 0.6) is 0 Å². The molecule has 2 atom stereocenters. The summed E-state index contributed by atoms with van der Waals surface area (Å²) in [6.07, 6.45) is 7.30. The number of aliphatic hydroxyl groups is 2. The second kappa shape index (κ2) is 5.28. The maximum absolute atomic E-state index is 10.1. The molecule has 1 saturated heterocycles. The van der Waals surface area contributed by atoms with Crippen molar-refractivity contribution in [2.24, 2.45) is 0 Å². The van der Waals surface area contributed by atoms with Gasteiger partial charge in [0, 0.05) is 19.1 Å². The van der Waals surface area contributed by atoms with Crippen LogP contribution in [0.2, 0.25) is 0 Å². The van der Waals surface area contributed by atoms with Gasteiger partial charge in [0.1, 0.15) is 0 Å². The molecule has 0 spiro atoms. The van der Waals surface area contributed by atoms with E-state index in [1.807, 2.05) is 0 Å². The third kappa shape index (κ3) is 2.92. The molecule has 88 valence electrons. The first kappa shape index (κ1) is 11.4. The van der Waals surface area contributed by atoms with Crippen LogP contribution < -0.4 is 0 Å². The first-order chi connectivity index (χ1) is 7.27. The van der Waals surface area contributed by atoms with Crippen molar-refractivity contribution in [3.63, 3.8) is 0 Å². The Kier molecular flexibility index (Phi) is 4.00. The fourth-order valence-electron chi connectivity index (χ4n) is 2.91. The minimum Gasteiger partial charge on any atom is -0.393 e. The molecule has 3 heteroatoms. The average Bonchev–Trinajstić information content (AvgIpc) is 2.44. The molecule has 0 aromatic carbocycles. The second-order valence-electron chi connectivity index (χ2n) is 5.04. The molecule has 1 heterocycles. The van der Waals surface area contributed by atoms with Gasteiger partial charge in [-0.15, -0.1) is 0 Å². The van der Waals surface area contributed by atoms with E-state index < -0.39 is 0 Å². The molecule has 0 aromatic rings. The summed E-state index contributed by atoms with van der Waals surface area (Å²) in [4.78, 5) is 2.39. The maximum atomic E-state index is 10.1. The zero-order chi connectivity index (χ0) is 10.7. The number of likely N-dealkylation sites (tertiary alicyclic amines) is 1. The Hall–Kier alpha value is -0.120. The van der Waals surface area contributed by atoms with Gasteiger partial charge in [-0.2, -0.15) is 0 Å². The molecule has 1 saturated carbocycles. The van der Waals surface area contributed by atoms with Gasteiger partial charge in [0.2, 0.25) is 0 Å². The Morgan fingerprint density at radius 3 is 2.20 bits per heavy atom. The van der Waals surface area contributed by atoms with Gasteiger partial charge in [-0.3, -0.25) is 4.90 Å². The molecule has 2 fully saturated rings. The lowest BCUT2D eigenvalue weighted by atomic mass is 9.99. The highest BCUT2D eigenvalue weighted by atomic mass is 16.3. The average molecular weight is 213 g/mol. The quantitative estimate of drug-likeness (QED) is 0.642. The molecule has 2 aliphatic rings. The van der Waals surface area contributed by atoms with Crippen molar-refractivity contribution in [1.29, 1.82) is 0 Å². The van der Waals surface area contributed by atoms with Gasteiger partial charge in [0.05, 0.1) is 12.2 Å². The summed E-state index contributed by atoms with van der Waals surface area (Å²) in [5.74, 6) is 0. The van der Waals surface area contributed by atoms with Crippen LogP contribution in [-0.4, -0.2) is 46.5 Å². The molecule has 0 radical (unpaired) electrons. The lowest BCUT2D eigenvalue weighted by Crippen LogP contribution is -2.47. The van der Waals surface area contributed by atoms with Crippen LogP contribution in [0.1, 0.15) is 44.9 Å². The highest BCUT2D eigenvalue weighted by Gasteiger charge is 2.29. The molecule has 0 bridgehead atoms. The number of rotatable bonds is 1. The summed E-state index contributed by atoms with van der Waals surface area (Å²) in [5, 5.41) is 19.5. The molecule has 2 unspecified atom stereocenters. The first-order valence-corrected chi connectivity index (χ1v) is 6.37. The van der Waals surface area contributed by atoms with Gasteiger partial charge in [0.15, 0.2) is 0 Å². The molecular formula is C12H23NO2. The van der Waals surface area contributed by atoms with Gasteiger partial charge >= 0.3 is 0 Å². The molecular weight excluding hydrogens is 190 g/mol. The normalized spacial score (nSPS) is 36.4. The Labute approximate surface area is 92.1 Å². The summed E-state index contributed by atoms with van der Waals surface area (Å²) in [6, 6.07) is 0.361. The maximum Gasteiger partial charge on any atom is 0.0695 e. The van der Waals surface area contributed by atoms with Crippen molar-refractivity contribution < 1.29 is 10.2 Å². The molecule has 2 rings (SSSR count). The standard InChI is InChI=1S/C12H23NO2/c14-10-6-8-13(9-7-10)11-4-2-1-3-5-12(11)15/h10-12,14-15H,1-9H2. The van der Waals surface area contributed by atoms with E-state index >= 15 is 0 Å². The third-order valence-electron chi connectivity index (χ3n) is 3.91. The molecule has 1 aliphatic heterocycles. The summed E-state index contributed by atoms with van der Waals surface area (Å²) in [6.45, 7) is 1.92. The Balaban J connectivity index is 1.89. The SMILES string of the molecule is OC1CCN(C2CCCCCC2O)CC1. The van der Waals surface area contributed by atoms with Gasteiger partial charge in [-0.05, 0) is 25.7 Å². The minimum absolute atomic E-state index is 0.107. The molecule has 3 nitrogen and oxygen atoms in total. The van der Waals surface area contributed by atoms with E-state index in [9.17, 15) is 10.2 Å². The van der Waals surface area contributed by atoms with E-state index in [4.69, 9.17) is 0 Å². The fourth-order valence-corrected chi connectivity index (χ4v) is 2.91. The van der Waals surface area contributed by atoms with Crippen molar-refractivity contribution in [3.8, 4) is 0 Å². The van der Waals surface area contributed by atoms with Crippen molar-refractivity contribution in [3.05, 3.63) is 0 Å². The van der Waals surface area contributed by atoms with E-state index in [0.29, 0.717) is 6.04 Å². The summed E-state index contributed by atoms with van der Waals surface area (Å²) < 4.78 is 0. The van der Waals surface area contributed by atoms with Crippen LogP contribution in [0.25, 0.3) is 0 Å². The first-order valence-electron chi connectivity index (χ1n) is 6.37. The van der Waals surface area contributed by atoms with Gasteiger partial charge in [0.25, 0.3) is 0 Å². The molecule has 15 heavy (non-hydrogen) atoms. The van der Waals surface area contributed by atoms with Crippen LogP contribution in [-0.2, 0) is 0 Å². The monoisotopic (exact) mass is 213 g/mol. The number of piperidine rings is 1. The van der Waals surface area contributed by atoms with Crippen molar-refractivity contribution in [2.75, 3.05) is 13.1 Å². The predicted octanol–water partition coefficient (Wildman–Crippen LogP) is 1.14. The van der Waals surface area contributed by atoms with Gasteiger partial charge in [-0.1, -0.05) is 19.3 Å². The number of nitrogens with zero attached hydrogens (tertiary/aromatic N) is 1.